The molecule has 15 heavy (non-hydrogen) atoms. The highest BCUT2D eigenvalue weighted by Crippen LogP contribution is 2.17. The van der Waals surface area contributed by atoms with E-state index in [2.05, 4.69) is 12.2 Å². The second-order valence-electron chi connectivity index (χ2n) is 4.31. The molecule has 1 heterocycles. The maximum Gasteiger partial charge on any atom is 0.237 e. The highest BCUT2D eigenvalue weighted by atomic mass is 32.2. The molecule has 0 aliphatic carbocycles. The summed E-state index contributed by atoms with van der Waals surface area (Å²) in [6.07, 6.45) is 3.13. The van der Waals surface area contributed by atoms with Crippen LogP contribution < -0.4 is 11.1 Å². The number of thioether (sulfide) groups is 1. The van der Waals surface area contributed by atoms with Gasteiger partial charge in [-0.15, -0.1) is 0 Å². The average molecular weight is 230 g/mol. The van der Waals surface area contributed by atoms with Crippen LogP contribution in [0.2, 0.25) is 0 Å². The number of hydrogen-bond acceptors (Lipinski definition) is 3. The maximum atomic E-state index is 11.8. The van der Waals surface area contributed by atoms with Gasteiger partial charge in [-0.3, -0.25) is 4.79 Å². The third-order valence-corrected chi connectivity index (χ3v) is 4.18. The number of carbonyl (C=O) groups excluding carboxylic acids is 1. The predicted octanol–water partition coefficient (Wildman–Crippen LogP) is 1.37. The van der Waals surface area contributed by atoms with Gasteiger partial charge < -0.3 is 11.1 Å². The van der Waals surface area contributed by atoms with E-state index >= 15 is 0 Å². The molecule has 1 unspecified atom stereocenters. The van der Waals surface area contributed by atoms with Gasteiger partial charge in [0.05, 0.1) is 6.04 Å². The molecule has 2 atom stereocenters. The second kappa shape index (κ2) is 6.38. The van der Waals surface area contributed by atoms with Crippen LogP contribution in [0.3, 0.4) is 0 Å². The lowest BCUT2D eigenvalue weighted by molar-refractivity contribution is -0.124. The van der Waals surface area contributed by atoms with E-state index in [1.54, 1.807) is 0 Å². The van der Waals surface area contributed by atoms with E-state index in [4.69, 9.17) is 5.73 Å². The minimum atomic E-state index is -0.343. The van der Waals surface area contributed by atoms with E-state index in [-0.39, 0.29) is 17.9 Å². The average Bonchev–Trinajstić information content (AvgIpc) is 2.28. The standard InChI is InChI=1S/C11H22N2OS/c1-3-8(2)10(12)11(14)13-9-4-6-15-7-5-9/h8-10H,3-7,12H2,1-2H3,(H,13,14)/t8?,10-/m0/s1. The summed E-state index contributed by atoms with van der Waals surface area (Å²) in [6, 6.07) is 0.0124. The van der Waals surface area contributed by atoms with Crippen LogP contribution in [0.4, 0.5) is 0 Å². The Morgan fingerprint density at radius 1 is 1.53 bits per heavy atom. The second-order valence-corrected chi connectivity index (χ2v) is 5.53. The fourth-order valence-electron chi connectivity index (χ4n) is 1.65. The molecule has 0 aromatic heterocycles. The molecule has 1 fully saturated rings. The van der Waals surface area contributed by atoms with E-state index in [9.17, 15) is 4.79 Å². The largest absolute Gasteiger partial charge is 0.352 e. The molecule has 3 N–H and O–H groups in total. The van der Waals surface area contributed by atoms with E-state index in [1.807, 2.05) is 18.7 Å². The number of hydrogen-bond donors (Lipinski definition) is 2. The molecule has 0 bridgehead atoms. The van der Waals surface area contributed by atoms with Crippen molar-refractivity contribution in [3.63, 3.8) is 0 Å². The predicted molar refractivity (Wildman–Crippen MR) is 65.9 cm³/mol. The Bertz CT molecular complexity index is 205. The first-order valence-corrected chi connectivity index (χ1v) is 6.94. The number of rotatable bonds is 4. The van der Waals surface area contributed by atoms with Gasteiger partial charge in [0, 0.05) is 6.04 Å². The smallest absolute Gasteiger partial charge is 0.237 e. The zero-order chi connectivity index (χ0) is 11.3. The summed E-state index contributed by atoms with van der Waals surface area (Å²) >= 11 is 1.96. The lowest BCUT2D eigenvalue weighted by atomic mass is 9.99. The summed E-state index contributed by atoms with van der Waals surface area (Å²) in [6.45, 7) is 4.09. The molecular formula is C11H22N2OS. The number of carbonyl (C=O) groups is 1. The van der Waals surface area contributed by atoms with Crippen molar-refractivity contribution in [2.24, 2.45) is 11.7 Å². The molecule has 88 valence electrons. The van der Waals surface area contributed by atoms with Crippen LogP contribution in [-0.4, -0.2) is 29.5 Å². The number of nitrogens with one attached hydrogen (secondary N) is 1. The van der Waals surface area contributed by atoms with Gasteiger partial charge >= 0.3 is 0 Å². The molecule has 3 nitrogen and oxygen atoms in total. The van der Waals surface area contributed by atoms with Crippen LogP contribution in [0.5, 0.6) is 0 Å². The molecule has 0 saturated carbocycles. The Hall–Kier alpha value is -0.220. The quantitative estimate of drug-likeness (QED) is 0.767. The molecule has 4 heteroatoms. The van der Waals surface area contributed by atoms with E-state index in [1.165, 1.54) is 0 Å². The minimum absolute atomic E-state index is 0.0289. The molecule has 0 radical (unpaired) electrons. The van der Waals surface area contributed by atoms with Gasteiger partial charge in [-0.25, -0.2) is 0 Å². The normalized spacial score (nSPS) is 22.1. The Labute approximate surface area is 96.6 Å². The molecule has 1 aliphatic heterocycles. The summed E-state index contributed by atoms with van der Waals surface area (Å²) in [7, 11) is 0. The highest BCUT2D eigenvalue weighted by molar-refractivity contribution is 7.99. The zero-order valence-corrected chi connectivity index (χ0v) is 10.5. The first-order chi connectivity index (χ1) is 7.15. The van der Waals surface area contributed by atoms with Crippen molar-refractivity contribution in [3.05, 3.63) is 0 Å². The van der Waals surface area contributed by atoms with Gasteiger partial charge in [-0.05, 0) is 30.3 Å². The fraction of sp³-hybridized carbons (Fsp3) is 0.909. The van der Waals surface area contributed by atoms with Crippen molar-refractivity contribution in [1.29, 1.82) is 0 Å². The lowest BCUT2D eigenvalue weighted by Gasteiger charge is -2.25. The molecular weight excluding hydrogens is 208 g/mol. The monoisotopic (exact) mass is 230 g/mol. The van der Waals surface area contributed by atoms with Gasteiger partial charge in [0.2, 0.25) is 5.91 Å². The minimum Gasteiger partial charge on any atom is -0.352 e. The third-order valence-electron chi connectivity index (χ3n) is 3.13. The van der Waals surface area contributed by atoms with Crippen molar-refractivity contribution in [2.45, 2.75) is 45.2 Å². The van der Waals surface area contributed by atoms with Crippen LogP contribution >= 0.6 is 11.8 Å². The van der Waals surface area contributed by atoms with Crippen LogP contribution in [0.1, 0.15) is 33.1 Å². The molecule has 1 amide bonds. The Morgan fingerprint density at radius 2 is 2.13 bits per heavy atom. The number of amides is 1. The van der Waals surface area contributed by atoms with Crippen LogP contribution in [0, 0.1) is 5.92 Å². The van der Waals surface area contributed by atoms with Crippen LogP contribution in [0.25, 0.3) is 0 Å². The summed E-state index contributed by atoms with van der Waals surface area (Å²) in [5.41, 5.74) is 5.87. The van der Waals surface area contributed by atoms with Gasteiger partial charge in [-0.2, -0.15) is 11.8 Å². The fourth-order valence-corrected chi connectivity index (χ4v) is 2.76. The topological polar surface area (TPSA) is 55.1 Å². The summed E-state index contributed by atoms with van der Waals surface area (Å²) < 4.78 is 0. The summed E-state index contributed by atoms with van der Waals surface area (Å²) in [5, 5.41) is 3.06. The van der Waals surface area contributed by atoms with E-state index < -0.39 is 0 Å². The first-order valence-electron chi connectivity index (χ1n) is 5.78. The molecule has 0 aromatic rings. The summed E-state index contributed by atoms with van der Waals surface area (Å²) in [4.78, 5) is 11.8. The molecule has 1 saturated heterocycles. The summed E-state index contributed by atoms with van der Waals surface area (Å²) in [5.74, 6) is 2.61. The van der Waals surface area contributed by atoms with Crippen molar-refractivity contribution >= 4 is 17.7 Å². The van der Waals surface area contributed by atoms with Gasteiger partial charge in [0.25, 0.3) is 0 Å². The van der Waals surface area contributed by atoms with Gasteiger partial charge in [0.15, 0.2) is 0 Å². The number of nitrogens with two attached hydrogens (primary N) is 1. The molecule has 0 aromatic carbocycles. The highest BCUT2D eigenvalue weighted by Gasteiger charge is 2.23. The van der Waals surface area contributed by atoms with Crippen LogP contribution in [-0.2, 0) is 4.79 Å². The van der Waals surface area contributed by atoms with Crippen molar-refractivity contribution in [2.75, 3.05) is 11.5 Å². The Balaban J connectivity index is 2.33. The van der Waals surface area contributed by atoms with Crippen molar-refractivity contribution in [1.82, 2.24) is 5.32 Å². The first kappa shape index (κ1) is 12.8. The third kappa shape index (κ3) is 4.03. The van der Waals surface area contributed by atoms with Crippen LogP contribution in [0.15, 0.2) is 0 Å². The zero-order valence-electron chi connectivity index (χ0n) is 9.66. The molecule has 0 spiro atoms. The molecule has 1 aliphatic rings. The SMILES string of the molecule is CCC(C)[C@H](N)C(=O)NC1CCSCC1. The van der Waals surface area contributed by atoms with E-state index in [0.717, 1.165) is 30.8 Å². The van der Waals surface area contributed by atoms with Gasteiger partial charge in [-0.1, -0.05) is 20.3 Å². The molecule has 1 rings (SSSR count). The lowest BCUT2D eigenvalue weighted by Crippen LogP contribution is -2.49. The van der Waals surface area contributed by atoms with Gasteiger partial charge in [0.1, 0.15) is 0 Å². The Morgan fingerprint density at radius 3 is 2.67 bits per heavy atom. The van der Waals surface area contributed by atoms with E-state index in [0.29, 0.717) is 6.04 Å². The maximum absolute atomic E-state index is 11.8. The Kier molecular flexibility index (Phi) is 5.47. The van der Waals surface area contributed by atoms with Crippen molar-refractivity contribution in [3.8, 4) is 0 Å². The van der Waals surface area contributed by atoms with Crippen molar-refractivity contribution < 1.29 is 4.79 Å².